The van der Waals surface area contributed by atoms with Gasteiger partial charge in [0.15, 0.2) is 0 Å². The lowest BCUT2D eigenvalue weighted by Gasteiger charge is -2.59. The first kappa shape index (κ1) is 7.47. The molecule has 0 aromatic carbocycles. The van der Waals surface area contributed by atoms with Gasteiger partial charge in [0.2, 0.25) is 5.92 Å². The van der Waals surface area contributed by atoms with Crippen LogP contribution < -0.4 is 5.73 Å². The van der Waals surface area contributed by atoms with Crippen LogP contribution in [-0.2, 0) is 0 Å². The van der Waals surface area contributed by atoms with Crippen LogP contribution in [0.15, 0.2) is 0 Å². The molecule has 64 valence electrons. The van der Waals surface area contributed by atoms with Gasteiger partial charge in [0, 0.05) is 12.8 Å². The van der Waals surface area contributed by atoms with Crippen LogP contribution in [0.2, 0.25) is 0 Å². The molecule has 0 aliphatic heterocycles. The number of rotatable bonds is 1. The fourth-order valence-corrected chi connectivity index (χ4v) is 2.57. The molecule has 0 saturated heterocycles. The molecule has 1 unspecified atom stereocenters. The first-order valence-electron chi connectivity index (χ1n) is 4.16. The number of hydrogen-bond acceptors (Lipinski definition) is 1. The average molecular weight is 161 g/mol. The molecule has 0 amide bonds. The Morgan fingerprint density at radius 2 is 2.00 bits per heavy atom. The van der Waals surface area contributed by atoms with Crippen molar-refractivity contribution in [2.75, 3.05) is 6.54 Å². The Morgan fingerprint density at radius 3 is 2.27 bits per heavy atom. The molecule has 1 spiro atoms. The number of hydrogen-bond donors (Lipinski definition) is 1. The topological polar surface area (TPSA) is 26.0 Å². The summed E-state index contributed by atoms with van der Waals surface area (Å²) in [6.45, 7) is 0.593. The average Bonchev–Trinajstić information content (AvgIpc) is 1.81. The van der Waals surface area contributed by atoms with E-state index in [0.29, 0.717) is 12.5 Å². The summed E-state index contributed by atoms with van der Waals surface area (Å²) in [5.74, 6) is -1.98. The lowest BCUT2D eigenvalue weighted by Crippen LogP contribution is -2.57. The summed E-state index contributed by atoms with van der Waals surface area (Å²) in [5, 5.41) is 0. The zero-order chi connectivity index (χ0) is 8.11. The molecule has 0 radical (unpaired) electrons. The molecule has 11 heavy (non-hydrogen) atoms. The highest BCUT2D eigenvalue weighted by molar-refractivity contribution is 5.08. The van der Waals surface area contributed by atoms with Crippen molar-refractivity contribution in [2.24, 2.45) is 17.1 Å². The molecule has 1 nitrogen and oxygen atoms in total. The summed E-state index contributed by atoms with van der Waals surface area (Å²) in [4.78, 5) is 0. The molecule has 2 saturated carbocycles. The zero-order valence-electron chi connectivity index (χ0n) is 6.45. The second-order valence-corrected chi connectivity index (χ2v) is 4.04. The van der Waals surface area contributed by atoms with Crippen LogP contribution in [0.25, 0.3) is 0 Å². The molecule has 1 atom stereocenters. The van der Waals surface area contributed by atoms with E-state index in [4.69, 9.17) is 5.73 Å². The van der Waals surface area contributed by atoms with E-state index in [1.165, 1.54) is 0 Å². The van der Waals surface area contributed by atoms with E-state index in [1.807, 2.05) is 0 Å². The Morgan fingerprint density at radius 1 is 1.36 bits per heavy atom. The summed E-state index contributed by atoms with van der Waals surface area (Å²) in [6.07, 6.45) is 2.24. The Labute approximate surface area is 65.0 Å². The summed E-state index contributed by atoms with van der Waals surface area (Å²) in [6, 6.07) is 0. The van der Waals surface area contributed by atoms with Crippen LogP contribution in [0.5, 0.6) is 0 Å². The first-order valence-corrected chi connectivity index (χ1v) is 4.16. The SMILES string of the molecule is NCC1CCC12CC(F)(F)C2. The van der Waals surface area contributed by atoms with E-state index in [1.54, 1.807) is 0 Å². The monoisotopic (exact) mass is 161 g/mol. The van der Waals surface area contributed by atoms with Crippen molar-refractivity contribution in [3.63, 3.8) is 0 Å². The molecule has 0 heterocycles. The molecule has 2 aliphatic rings. The molecule has 0 aromatic heterocycles. The van der Waals surface area contributed by atoms with Crippen LogP contribution in [0.4, 0.5) is 8.78 Å². The maximum Gasteiger partial charge on any atom is 0.249 e. The molecular formula is C8H13F2N. The molecule has 2 rings (SSSR count). The lowest BCUT2D eigenvalue weighted by atomic mass is 9.48. The van der Waals surface area contributed by atoms with Crippen molar-refractivity contribution in [1.29, 1.82) is 0 Å². The fraction of sp³-hybridized carbons (Fsp3) is 1.00. The van der Waals surface area contributed by atoms with Gasteiger partial charge in [-0.25, -0.2) is 8.78 Å². The Kier molecular flexibility index (Phi) is 1.32. The van der Waals surface area contributed by atoms with Gasteiger partial charge in [-0.2, -0.15) is 0 Å². The molecule has 2 aliphatic carbocycles. The quantitative estimate of drug-likeness (QED) is 0.623. The van der Waals surface area contributed by atoms with Crippen molar-refractivity contribution in [2.45, 2.75) is 31.6 Å². The highest BCUT2D eigenvalue weighted by atomic mass is 19.3. The van der Waals surface area contributed by atoms with Gasteiger partial charge in [0.05, 0.1) is 0 Å². The van der Waals surface area contributed by atoms with E-state index in [9.17, 15) is 8.78 Å². The number of alkyl halides is 2. The van der Waals surface area contributed by atoms with Crippen molar-refractivity contribution < 1.29 is 8.78 Å². The summed E-state index contributed by atoms with van der Waals surface area (Å²) >= 11 is 0. The minimum Gasteiger partial charge on any atom is -0.330 e. The molecule has 3 heteroatoms. The van der Waals surface area contributed by atoms with E-state index in [2.05, 4.69) is 0 Å². The summed E-state index contributed by atoms with van der Waals surface area (Å²) in [7, 11) is 0. The van der Waals surface area contributed by atoms with Crippen LogP contribution in [0.3, 0.4) is 0 Å². The Balaban J connectivity index is 1.97. The van der Waals surface area contributed by atoms with E-state index >= 15 is 0 Å². The molecule has 2 N–H and O–H groups in total. The predicted octanol–water partition coefficient (Wildman–Crippen LogP) is 1.77. The number of nitrogens with two attached hydrogens (primary N) is 1. The second kappa shape index (κ2) is 1.94. The molecular weight excluding hydrogens is 148 g/mol. The number of halogens is 2. The van der Waals surface area contributed by atoms with E-state index in [0.717, 1.165) is 12.8 Å². The highest BCUT2D eigenvalue weighted by Crippen LogP contribution is 2.65. The minimum absolute atomic E-state index is 0.0295. The summed E-state index contributed by atoms with van der Waals surface area (Å²) < 4.78 is 25.0. The predicted molar refractivity (Wildman–Crippen MR) is 38.4 cm³/mol. The second-order valence-electron chi connectivity index (χ2n) is 4.04. The first-order chi connectivity index (χ1) is 5.08. The van der Waals surface area contributed by atoms with E-state index < -0.39 is 5.92 Å². The summed E-state index contributed by atoms with van der Waals surface area (Å²) in [5.41, 5.74) is 5.43. The smallest absolute Gasteiger partial charge is 0.249 e. The fourth-order valence-electron chi connectivity index (χ4n) is 2.57. The molecule has 0 aromatic rings. The molecule has 2 fully saturated rings. The van der Waals surface area contributed by atoms with Crippen LogP contribution in [-0.4, -0.2) is 12.5 Å². The van der Waals surface area contributed by atoms with Crippen molar-refractivity contribution >= 4 is 0 Å². The third-order valence-electron chi connectivity index (χ3n) is 3.36. The normalized spacial score (nSPS) is 37.9. The lowest BCUT2D eigenvalue weighted by molar-refractivity contribution is -0.217. The van der Waals surface area contributed by atoms with Crippen molar-refractivity contribution in [3.8, 4) is 0 Å². The standard InChI is InChI=1S/C8H13F2N/c9-8(10)4-7(5-8)2-1-6(7)3-11/h6H,1-5,11H2. The molecule has 0 bridgehead atoms. The third-order valence-corrected chi connectivity index (χ3v) is 3.36. The van der Waals surface area contributed by atoms with E-state index in [-0.39, 0.29) is 18.3 Å². The van der Waals surface area contributed by atoms with Gasteiger partial charge in [0.25, 0.3) is 0 Å². The van der Waals surface area contributed by atoms with Crippen molar-refractivity contribution in [1.82, 2.24) is 0 Å². The van der Waals surface area contributed by atoms with Crippen molar-refractivity contribution in [3.05, 3.63) is 0 Å². The maximum absolute atomic E-state index is 12.5. The van der Waals surface area contributed by atoms with Gasteiger partial charge in [-0.05, 0) is 30.7 Å². The third kappa shape index (κ3) is 0.901. The largest absolute Gasteiger partial charge is 0.330 e. The Hall–Kier alpha value is -0.180. The Bertz CT molecular complexity index is 169. The zero-order valence-corrected chi connectivity index (χ0v) is 6.45. The highest BCUT2D eigenvalue weighted by Gasteiger charge is 2.62. The minimum atomic E-state index is -2.37. The van der Waals surface area contributed by atoms with Gasteiger partial charge in [-0.15, -0.1) is 0 Å². The maximum atomic E-state index is 12.5. The van der Waals surface area contributed by atoms with Gasteiger partial charge < -0.3 is 5.73 Å². The van der Waals surface area contributed by atoms with Gasteiger partial charge in [-0.3, -0.25) is 0 Å². The van der Waals surface area contributed by atoms with Crippen LogP contribution in [0.1, 0.15) is 25.7 Å². The van der Waals surface area contributed by atoms with Crippen LogP contribution >= 0.6 is 0 Å². The van der Waals surface area contributed by atoms with Gasteiger partial charge in [-0.1, -0.05) is 0 Å². The van der Waals surface area contributed by atoms with Gasteiger partial charge in [0.1, 0.15) is 0 Å². The van der Waals surface area contributed by atoms with Gasteiger partial charge >= 0.3 is 0 Å². The van der Waals surface area contributed by atoms with Crippen LogP contribution in [0, 0.1) is 11.3 Å².